The van der Waals surface area contributed by atoms with Gasteiger partial charge in [-0.3, -0.25) is 4.79 Å². The standard InChI is InChI=1S/C12H23N3O6/c13-4-1-5(14)11(10(19)9(4)18)21-12-6(15)2-7(17)8(3-16)20-12/h4-6,8-12,16,18-19H,1-3,13-15H2. The van der Waals surface area contributed by atoms with Crippen LogP contribution in [-0.2, 0) is 14.3 Å². The summed E-state index contributed by atoms with van der Waals surface area (Å²) in [6.45, 7) is -0.474. The summed E-state index contributed by atoms with van der Waals surface area (Å²) < 4.78 is 10.9. The van der Waals surface area contributed by atoms with Crippen molar-refractivity contribution in [3.05, 3.63) is 0 Å². The maximum Gasteiger partial charge on any atom is 0.174 e. The fourth-order valence-electron chi connectivity index (χ4n) is 2.70. The van der Waals surface area contributed by atoms with Gasteiger partial charge in [0.05, 0.1) is 18.8 Å². The van der Waals surface area contributed by atoms with E-state index in [2.05, 4.69) is 0 Å². The number of rotatable bonds is 3. The minimum atomic E-state index is -1.27. The lowest BCUT2D eigenvalue weighted by atomic mass is 9.84. The molecule has 1 aliphatic carbocycles. The van der Waals surface area contributed by atoms with Crippen LogP contribution in [0.4, 0.5) is 0 Å². The van der Waals surface area contributed by atoms with Crippen LogP contribution in [0.2, 0.25) is 0 Å². The van der Waals surface area contributed by atoms with Gasteiger partial charge in [0, 0.05) is 18.5 Å². The lowest BCUT2D eigenvalue weighted by Crippen LogP contribution is -2.64. The second kappa shape index (κ2) is 6.63. The molecule has 0 aromatic rings. The van der Waals surface area contributed by atoms with E-state index < -0.39 is 55.4 Å². The molecule has 0 amide bonds. The van der Waals surface area contributed by atoms with E-state index in [1.54, 1.807) is 0 Å². The van der Waals surface area contributed by atoms with Crippen LogP contribution in [0.3, 0.4) is 0 Å². The number of ether oxygens (including phenoxy) is 2. The Morgan fingerprint density at radius 2 is 1.81 bits per heavy atom. The summed E-state index contributed by atoms with van der Waals surface area (Å²) in [6.07, 6.45) is -5.08. The zero-order chi connectivity index (χ0) is 15.7. The Bertz CT molecular complexity index is 384. The van der Waals surface area contributed by atoms with Crippen molar-refractivity contribution in [2.75, 3.05) is 6.61 Å². The highest BCUT2D eigenvalue weighted by Gasteiger charge is 2.45. The maximum absolute atomic E-state index is 11.5. The molecule has 0 radical (unpaired) electrons. The molecular weight excluding hydrogens is 282 g/mol. The summed E-state index contributed by atoms with van der Waals surface area (Å²) in [7, 11) is 0. The van der Waals surface area contributed by atoms with Crippen molar-refractivity contribution < 1.29 is 29.6 Å². The Morgan fingerprint density at radius 1 is 1.14 bits per heavy atom. The van der Waals surface area contributed by atoms with Crippen LogP contribution >= 0.6 is 0 Å². The number of carbonyl (C=O) groups is 1. The third-order valence-electron chi connectivity index (χ3n) is 3.99. The lowest BCUT2D eigenvalue weighted by Gasteiger charge is -2.43. The number of nitrogens with two attached hydrogens (primary N) is 3. The number of aliphatic hydroxyl groups is 3. The molecule has 1 aliphatic heterocycles. The summed E-state index contributed by atoms with van der Waals surface area (Å²) in [5.74, 6) is -0.305. The van der Waals surface area contributed by atoms with Crippen LogP contribution in [0.15, 0.2) is 0 Å². The largest absolute Gasteiger partial charge is 0.393 e. The van der Waals surface area contributed by atoms with E-state index in [4.69, 9.17) is 31.8 Å². The van der Waals surface area contributed by atoms with E-state index in [1.165, 1.54) is 0 Å². The molecule has 0 aromatic heterocycles. The van der Waals surface area contributed by atoms with Gasteiger partial charge in [-0.15, -0.1) is 0 Å². The van der Waals surface area contributed by atoms with Gasteiger partial charge in [-0.2, -0.15) is 0 Å². The smallest absolute Gasteiger partial charge is 0.174 e. The van der Waals surface area contributed by atoms with E-state index in [1.807, 2.05) is 0 Å². The molecule has 1 saturated heterocycles. The van der Waals surface area contributed by atoms with Gasteiger partial charge >= 0.3 is 0 Å². The summed E-state index contributed by atoms with van der Waals surface area (Å²) in [6, 6.07) is -1.96. The molecule has 9 nitrogen and oxygen atoms in total. The first-order valence-corrected chi connectivity index (χ1v) is 6.92. The monoisotopic (exact) mass is 305 g/mol. The van der Waals surface area contributed by atoms with Gasteiger partial charge in [0.15, 0.2) is 12.1 Å². The topological polar surface area (TPSA) is 174 Å². The Morgan fingerprint density at radius 3 is 2.43 bits per heavy atom. The van der Waals surface area contributed by atoms with Crippen molar-refractivity contribution in [2.45, 2.75) is 61.7 Å². The number of Topliss-reactive ketones (excluding diaryl/α,β-unsaturated/α-hetero) is 1. The fourth-order valence-corrected chi connectivity index (χ4v) is 2.70. The maximum atomic E-state index is 11.5. The van der Waals surface area contributed by atoms with Gasteiger partial charge in [-0.05, 0) is 6.42 Å². The van der Waals surface area contributed by atoms with Crippen LogP contribution in [0, 0.1) is 0 Å². The van der Waals surface area contributed by atoms with E-state index in [0.29, 0.717) is 0 Å². The minimum absolute atomic E-state index is 0.00395. The zero-order valence-electron chi connectivity index (χ0n) is 11.5. The van der Waals surface area contributed by atoms with Gasteiger partial charge < -0.3 is 42.0 Å². The number of ketones is 1. The van der Waals surface area contributed by atoms with Crippen LogP contribution in [-0.4, -0.2) is 76.5 Å². The fraction of sp³-hybridized carbons (Fsp3) is 0.917. The van der Waals surface area contributed by atoms with Gasteiger partial charge in [0.1, 0.15) is 18.3 Å². The van der Waals surface area contributed by atoms with Crippen molar-refractivity contribution in [1.82, 2.24) is 0 Å². The summed E-state index contributed by atoms with van der Waals surface area (Å²) in [5, 5.41) is 28.9. The first-order chi connectivity index (χ1) is 9.85. The average molecular weight is 305 g/mol. The van der Waals surface area contributed by atoms with Crippen molar-refractivity contribution in [1.29, 1.82) is 0 Å². The quantitative estimate of drug-likeness (QED) is 0.305. The molecule has 8 unspecified atom stereocenters. The van der Waals surface area contributed by atoms with Gasteiger partial charge in [0.2, 0.25) is 0 Å². The Balaban J connectivity index is 2.04. The second-order valence-corrected chi connectivity index (χ2v) is 5.66. The first-order valence-electron chi connectivity index (χ1n) is 6.92. The molecule has 0 aromatic carbocycles. The number of aliphatic hydroxyl groups excluding tert-OH is 3. The third kappa shape index (κ3) is 3.41. The molecule has 122 valence electrons. The highest BCUT2D eigenvalue weighted by Crippen LogP contribution is 2.25. The molecule has 1 saturated carbocycles. The molecular formula is C12H23N3O6. The van der Waals surface area contributed by atoms with E-state index in [0.717, 1.165) is 0 Å². The van der Waals surface area contributed by atoms with Gasteiger partial charge in [-0.25, -0.2) is 0 Å². The molecule has 21 heavy (non-hydrogen) atoms. The van der Waals surface area contributed by atoms with Gasteiger partial charge in [0.25, 0.3) is 0 Å². The number of hydrogen-bond acceptors (Lipinski definition) is 9. The summed E-state index contributed by atoms with van der Waals surface area (Å²) >= 11 is 0. The first kappa shape index (κ1) is 16.7. The Hall–Kier alpha value is -0.650. The highest BCUT2D eigenvalue weighted by molar-refractivity contribution is 5.84. The van der Waals surface area contributed by atoms with Gasteiger partial charge in [-0.1, -0.05) is 0 Å². The zero-order valence-corrected chi connectivity index (χ0v) is 11.5. The molecule has 9 heteroatoms. The number of hydrogen-bond donors (Lipinski definition) is 6. The van der Waals surface area contributed by atoms with Crippen LogP contribution < -0.4 is 17.2 Å². The minimum Gasteiger partial charge on any atom is -0.393 e. The second-order valence-electron chi connectivity index (χ2n) is 5.66. The molecule has 2 rings (SSSR count). The van der Waals surface area contributed by atoms with Crippen LogP contribution in [0.1, 0.15) is 12.8 Å². The predicted molar refractivity (Wildman–Crippen MR) is 70.8 cm³/mol. The van der Waals surface area contributed by atoms with Crippen molar-refractivity contribution >= 4 is 5.78 Å². The Kier molecular flexibility index (Phi) is 5.28. The predicted octanol–water partition coefficient (Wildman–Crippen LogP) is -3.84. The molecule has 8 atom stereocenters. The lowest BCUT2D eigenvalue weighted by molar-refractivity contribution is -0.250. The normalized spacial score (nSPS) is 48.4. The molecule has 2 aliphatic rings. The van der Waals surface area contributed by atoms with E-state index >= 15 is 0 Å². The molecule has 1 heterocycles. The third-order valence-corrected chi connectivity index (χ3v) is 3.99. The van der Waals surface area contributed by atoms with Crippen LogP contribution in [0.5, 0.6) is 0 Å². The molecule has 2 fully saturated rings. The average Bonchev–Trinajstić information content (AvgIpc) is 2.43. The molecule has 0 bridgehead atoms. The molecule has 9 N–H and O–H groups in total. The van der Waals surface area contributed by atoms with E-state index in [9.17, 15) is 15.0 Å². The molecule has 0 spiro atoms. The van der Waals surface area contributed by atoms with Crippen LogP contribution in [0.25, 0.3) is 0 Å². The van der Waals surface area contributed by atoms with Crippen molar-refractivity contribution in [3.8, 4) is 0 Å². The van der Waals surface area contributed by atoms with Crippen molar-refractivity contribution in [3.63, 3.8) is 0 Å². The SMILES string of the molecule is NC1CC(=O)C(CO)OC1OC1C(N)CC(N)C(O)C1O. The highest BCUT2D eigenvalue weighted by atomic mass is 16.7. The van der Waals surface area contributed by atoms with Crippen molar-refractivity contribution in [2.24, 2.45) is 17.2 Å². The summed E-state index contributed by atoms with van der Waals surface area (Å²) in [5.41, 5.74) is 17.3. The summed E-state index contributed by atoms with van der Waals surface area (Å²) in [4.78, 5) is 11.5. The van der Waals surface area contributed by atoms with E-state index in [-0.39, 0.29) is 18.6 Å². The Labute approximate surface area is 122 Å². The number of carbonyl (C=O) groups excluding carboxylic acids is 1.